The van der Waals surface area contributed by atoms with Gasteiger partial charge in [0.1, 0.15) is 0 Å². The molecule has 1 amide bonds. The van der Waals surface area contributed by atoms with Crippen LogP contribution in [0.25, 0.3) is 0 Å². The number of rotatable bonds is 5. The van der Waals surface area contributed by atoms with Crippen LogP contribution in [-0.4, -0.2) is 12.5 Å². The second-order valence-electron chi connectivity index (χ2n) is 4.37. The molecule has 0 aromatic heterocycles. The summed E-state index contributed by atoms with van der Waals surface area (Å²) in [5.41, 5.74) is 6.42. The Hall–Kier alpha value is -2.04. The molecule has 0 saturated heterocycles. The predicted molar refractivity (Wildman–Crippen MR) is 69.7 cm³/mol. The number of hydrogen-bond donors (Lipinski definition) is 2. The van der Waals surface area contributed by atoms with Crippen molar-refractivity contribution in [2.75, 3.05) is 6.61 Å². The van der Waals surface area contributed by atoms with Gasteiger partial charge in [0, 0.05) is 5.70 Å². The number of hydrogen-bond acceptors (Lipinski definition) is 3. The zero-order valence-corrected chi connectivity index (χ0v) is 10.6. The molecule has 0 aliphatic heterocycles. The fourth-order valence-corrected chi connectivity index (χ4v) is 1.84. The summed E-state index contributed by atoms with van der Waals surface area (Å²) in [6.07, 6.45) is 6.36. The number of carbonyl (C=O) groups excluding carboxylic acids is 1. The molecule has 0 bridgehead atoms. The SMILES string of the molecule is O=C(COc1ccccc1F)NNC1=CCCCC1. The summed E-state index contributed by atoms with van der Waals surface area (Å²) >= 11 is 0. The summed E-state index contributed by atoms with van der Waals surface area (Å²) in [5, 5.41) is 0. The van der Waals surface area contributed by atoms with E-state index >= 15 is 0 Å². The van der Waals surface area contributed by atoms with E-state index in [1.807, 2.05) is 0 Å². The minimum absolute atomic E-state index is 0.0783. The number of para-hydroxylation sites is 1. The zero-order valence-electron chi connectivity index (χ0n) is 10.6. The summed E-state index contributed by atoms with van der Waals surface area (Å²) in [6.45, 7) is -0.221. The van der Waals surface area contributed by atoms with E-state index in [4.69, 9.17) is 4.74 Å². The van der Waals surface area contributed by atoms with Gasteiger partial charge >= 0.3 is 0 Å². The number of allylic oxidation sites excluding steroid dienone is 2. The first-order valence-electron chi connectivity index (χ1n) is 6.37. The topological polar surface area (TPSA) is 50.4 Å². The Kier molecular flexibility index (Phi) is 4.78. The van der Waals surface area contributed by atoms with E-state index in [0.717, 1.165) is 25.0 Å². The summed E-state index contributed by atoms with van der Waals surface area (Å²) in [5.74, 6) is -0.734. The molecule has 1 aliphatic carbocycles. The summed E-state index contributed by atoms with van der Waals surface area (Å²) in [4.78, 5) is 11.5. The number of benzene rings is 1. The van der Waals surface area contributed by atoms with Crippen molar-refractivity contribution < 1.29 is 13.9 Å². The Morgan fingerprint density at radius 2 is 2.16 bits per heavy atom. The maximum Gasteiger partial charge on any atom is 0.276 e. The Bertz CT molecular complexity index is 474. The molecule has 5 heteroatoms. The third-order valence-electron chi connectivity index (χ3n) is 2.85. The number of nitrogens with one attached hydrogen (secondary N) is 2. The Morgan fingerprint density at radius 1 is 1.32 bits per heavy atom. The van der Waals surface area contributed by atoms with E-state index in [-0.39, 0.29) is 18.3 Å². The van der Waals surface area contributed by atoms with E-state index < -0.39 is 5.82 Å². The lowest BCUT2D eigenvalue weighted by atomic mass is 10.1. The van der Waals surface area contributed by atoms with E-state index in [1.54, 1.807) is 12.1 Å². The molecule has 0 radical (unpaired) electrons. The van der Waals surface area contributed by atoms with Gasteiger partial charge in [0.05, 0.1) is 0 Å². The molecule has 1 aromatic carbocycles. The first kappa shape index (κ1) is 13.4. The van der Waals surface area contributed by atoms with Crippen LogP contribution in [0.5, 0.6) is 5.75 Å². The lowest BCUT2D eigenvalue weighted by molar-refractivity contribution is -0.123. The van der Waals surface area contributed by atoms with Crippen molar-refractivity contribution in [2.24, 2.45) is 0 Å². The molecule has 0 atom stereocenters. The van der Waals surface area contributed by atoms with Gasteiger partial charge in [0.2, 0.25) is 0 Å². The molecule has 0 saturated carbocycles. The van der Waals surface area contributed by atoms with Crippen LogP contribution < -0.4 is 15.6 Å². The number of hydrazine groups is 1. The third kappa shape index (κ3) is 4.28. The number of carbonyl (C=O) groups is 1. The molecule has 19 heavy (non-hydrogen) atoms. The van der Waals surface area contributed by atoms with Gasteiger partial charge in [0.15, 0.2) is 18.2 Å². The van der Waals surface area contributed by atoms with Crippen LogP contribution in [0.4, 0.5) is 4.39 Å². The maximum absolute atomic E-state index is 13.2. The van der Waals surface area contributed by atoms with Gasteiger partial charge in [-0.2, -0.15) is 0 Å². The van der Waals surface area contributed by atoms with Gasteiger partial charge in [-0.1, -0.05) is 18.2 Å². The molecule has 1 aliphatic rings. The van der Waals surface area contributed by atoms with Gasteiger partial charge < -0.3 is 10.2 Å². The van der Waals surface area contributed by atoms with Crippen molar-refractivity contribution in [3.8, 4) is 5.75 Å². The van der Waals surface area contributed by atoms with Crippen LogP contribution in [0, 0.1) is 5.82 Å². The quantitative estimate of drug-likeness (QED) is 0.802. The summed E-state index contributed by atoms with van der Waals surface area (Å²) in [7, 11) is 0. The van der Waals surface area contributed by atoms with Gasteiger partial charge in [-0.25, -0.2) is 4.39 Å². The minimum atomic E-state index is -0.474. The van der Waals surface area contributed by atoms with Gasteiger partial charge in [-0.15, -0.1) is 0 Å². The molecule has 2 rings (SSSR count). The third-order valence-corrected chi connectivity index (χ3v) is 2.85. The van der Waals surface area contributed by atoms with E-state index in [2.05, 4.69) is 16.9 Å². The van der Waals surface area contributed by atoms with Crippen molar-refractivity contribution >= 4 is 5.91 Å². The maximum atomic E-state index is 13.2. The average Bonchev–Trinajstić information content (AvgIpc) is 2.45. The Morgan fingerprint density at radius 3 is 2.89 bits per heavy atom. The largest absolute Gasteiger partial charge is 0.481 e. The summed E-state index contributed by atoms with van der Waals surface area (Å²) < 4.78 is 18.3. The first-order valence-corrected chi connectivity index (χ1v) is 6.37. The van der Waals surface area contributed by atoms with E-state index in [0.29, 0.717) is 0 Å². The van der Waals surface area contributed by atoms with E-state index in [1.165, 1.54) is 18.6 Å². The van der Waals surface area contributed by atoms with Crippen molar-refractivity contribution in [3.63, 3.8) is 0 Å². The highest BCUT2D eigenvalue weighted by molar-refractivity contribution is 5.77. The zero-order chi connectivity index (χ0) is 13.5. The second kappa shape index (κ2) is 6.78. The van der Waals surface area contributed by atoms with Crippen LogP contribution in [0.3, 0.4) is 0 Å². The highest BCUT2D eigenvalue weighted by Crippen LogP contribution is 2.15. The fraction of sp³-hybridized carbons (Fsp3) is 0.357. The lowest BCUT2D eigenvalue weighted by Crippen LogP contribution is -2.40. The van der Waals surface area contributed by atoms with Gasteiger partial charge in [0.25, 0.3) is 5.91 Å². The molecular formula is C14H17FN2O2. The molecule has 1 aromatic rings. The molecule has 0 fully saturated rings. The van der Waals surface area contributed by atoms with Crippen LogP contribution in [0.1, 0.15) is 25.7 Å². The van der Waals surface area contributed by atoms with Crippen LogP contribution in [0.2, 0.25) is 0 Å². The van der Waals surface area contributed by atoms with Crippen LogP contribution in [-0.2, 0) is 4.79 Å². The highest BCUT2D eigenvalue weighted by atomic mass is 19.1. The number of ether oxygens (including phenoxy) is 1. The molecular weight excluding hydrogens is 247 g/mol. The standard InChI is InChI=1S/C14H17FN2O2/c15-12-8-4-5-9-13(12)19-10-14(18)17-16-11-6-2-1-3-7-11/h4-6,8-9,16H,1-3,7,10H2,(H,17,18). The molecule has 102 valence electrons. The molecule has 0 spiro atoms. The highest BCUT2D eigenvalue weighted by Gasteiger charge is 2.07. The number of halogens is 1. The molecule has 2 N–H and O–H groups in total. The van der Waals surface area contributed by atoms with Crippen molar-refractivity contribution in [1.29, 1.82) is 0 Å². The Balaban J connectivity index is 1.73. The second-order valence-corrected chi connectivity index (χ2v) is 4.37. The van der Waals surface area contributed by atoms with Gasteiger partial charge in [-0.3, -0.25) is 10.2 Å². The van der Waals surface area contributed by atoms with Crippen LogP contribution >= 0.6 is 0 Å². The van der Waals surface area contributed by atoms with Crippen molar-refractivity contribution in [2.45, 2.75) is 25.7 Å². The average molecular weight is 264 g/mol. The van der Waals surface area contributed by atoms with Crippen molar-refractivity contribution in [1.82, 2.24) is 10.9 Å². The monoisotopic (exact) mass is 264 g/mol. The fourth-order valence-electron chi connectivity index (χ4n) is 1.84. The minimum Gasteiger partial charge on any atom is -0.481 e. The molecule has 0 unspecified atom stereocenters. The number of amides is 1. The van der Waals surface area contributed by atoms with Crippen LogP contribution in [0.15, 0.2) is 36.0 Å². The molecule has 0 heterocycles. The predicted octanol–water partition coefficient (Wildman–Crippen LogP) is 2.28. The van der Waals surface area contributed by atoms with Crippen molar-refractivity contribution in [3.05, 3.63) is 41.9 Å². The van der Waals surface area contributed by atoms with E-state index in [9.17, 15) is 9.18 Å². The molecule has 4 nitrogen and oxygen atoms in total. The smallest absolute Gasteiger partial charge is 0.276 e. The first-order chi connectivity index (χ1) is 9.25. The normalized spacial score (nSPS) is 14.5. The van der Waals surface area contributed by atoms with Gasteiger partial charge in [-0.05, 0) is 37.8 Å². The Labute approximate surface area is 111 Å². The summed E-state index contributed by atoms with van der Waals surface area (Å²) in [6, 6.07) is 6.00. The lowest BCUT2D eigenvalue weighted by Gasteiger charge is -2.15.